The van der Waals surface area contributed by atoms with Crippen LogP contribution in [0.25, 0.3) is 0 Å². The Morgan fingerprint density at radius 1 is 1.13 bits per heavy atom. The first-order valence-electron chi connectivity index (χ1n) is 5.02. The van der Waals surface area contributed by atoms with E-state index >= 15 is 0 Å². The number of hydrogen-bond donors (Lipinski definition) is 1. The number of rotatable bonds is 4. The standard InChI is InChI=1S/C12H17F2N/c1-12(2,15)8-10-5-3-9(4-6-10)7-11(13)14/h3-6,11H,7-8,15H2,1-2H3. The second kappa shape index (κ2) is 4.71. The first-order chi connectivity index (χ1) is 6.87. The van der Waals surface area contributed by atoms with Crippen LogP contribution in [0.1, 0.15) is 25.0 Å². The zero-order valence-corrected chi connectivity index (χ0v) is 9.13. The van der Waals surface area contributed by atoms with Crippen LogP contribution >= 0.6 is 0 Å². The number of halogens is 2. The van der Waals surface area contributed by atoms with Gasteiger partial charge in [-0.3, -0.25) is 0 Å². The zero-order valence-electron chi connectivity index (χ0n) is 9.13. The number of alkyl halides is 2. The van der Waals surface area contributed by atoms with Crippen molar-refractivity contribution < 1.29 is 8.78 Å². The maximum atomic E-state index is 12.1. The Labute approximate surface area is 89.3 Å². The first-order valence-corrected chi connectivity index (χ1v) is 5.02. The maximum Gasteiger partial charge on any atom is 0.242 e. The van der Waals surface area contributed by atoms with E-state index in [-0.39, 0.29) is 12.0 Å². The summed E-state index contributed by atoms with van der Waals surface area (Å²) < 4.78 is 24.1. The van der Waals surface area contributed by atoms with Crippen LogP contribution in [0.15, 0.2) is 24.3 Å². The van der Waals surface area contributed by atoms with Crippen molar-refractivity contribution in [2.24, 2.45) is 5.73 Å². The van der Waals surface area contributed by atoms with Gasteiger partial charge in [0.15, 0.2) is 0 Å². The van der Waals surface area contributed by atoms with E-state index in [1.165, 1.54) is 0 Å². The summed E-state index contributed by atoms with van der Waals surface area (Å²) in [6.07, 6.45) is -1.70. The van der Waals surface area contributed by atoms with Crippen molar-refractivity contribution in [1.29, 1.82) is 0 Å². The molecule has 2 N–H and O–H groups in total. The van der Waals surface area contributed by atoms with E-state index in [1.54, 1.807) is 12.1 Å². The molecule has 0 saturated heterocycles. The molecule has 0 heterocycles. The molecule has 1 nitrogen and oxygen atoms in total. The Kier molecular flexibility index (Phi) is 3.80. The van der Waals surface area contributed by atoms with Crippen molar-refractivity contribution in [3.63, 3.8) is 0 Å². The van der Waals surface area contributed by atoms with Gasteiger partial charge in [-0.1, -0.05) is 24.3 Å². The fourth-order valence-corrected chi connectivity index (χ4v) is 1.50. The lowest BCUT2D eigenvalue weighted by atomic mass is 9.95. The van der Waals surface area contributed by atoms with Crippen LogP contribution in [0.4, 0.5) is 8.78 Å². The minimum atomic E-state index is -2.28. The van der Waals surface area contributed by atoms with Crippen LogP contribution in [0.2, 0.25) is 0 Å². The largest absolute Gasteiger partial charge is 0.325 e. The molecular weight excluding hydrogens is 196 g/mol. The molecule has 3 heteroatoms. The highest BCUT2D eigenvalue weighted by atomic mass is 19.3. The molecule has 0 aliphatic heterocycles. The van der Waals surface area contributed by atoms with E-state index in [9.17, 15) is 8.78 Å². The molecule has 0 radical (unpaired) electrons. The number of benzene rings is 1. The molecular formula is C12H17F2N. The third-order valence-corrected chi connectivity index (χ3v) is 2.07. The van der Waals surface area contributed by atoms with E-state index in [4.69, 9.17) is 5.73 Å². The summed E-state index contributed by atoms with van der Waals surface area (Å²) in [4.78, 5) is 0. The number of hydrogen-bond acceptors (Lipinski definition) is 1. The minimum absolute atomic E-state index is 0.174. The second-order valence-electron chi connectivity index (χ2n) is 4.58. The lowest BCUT2D eigenvalue weighted by Crippen LogP contribution is -2.34. The molecule has 0 aromatic heterocycles. The third-order valence-electron chi connectivity index (χ3n) is 2.07. The topological polar surface area (TPSA) is 26.0 Å². The maximum absolute atomic E-state index is 12.1. The van der Waals surface area contributed by atoms with Gasteiger partial charge in [-0.15, -0.1) is 0 Å². The van der Waals surface area contributed by atoms with E-state index in [2.05, 4.69) is 0 Å². The lowest BCUT2D eigenvalue weighted by molar-refractivity contribution is 0.149. The molecule has 1 aromatic rings. The Hall–Kier alpha value is -0.960. The summed E-state index contributed by atoms with van der Waals surface area (Å²) in [6.45, 7) is 3.89. The lowest BCUT2D eigenvalue weighted by Gasteiger charge is -2.18. The molecule has 15 heavy (non-hydrogen) atoms. The van der Waals surface area contributed by atoms with Gasteiger partial charge < -0.3 is 5.73 Å². The Morgan fingerprint density at radius 3 is 2.00 bits per heavy atom. The number of nitrogens with two attached hydrogens (primary N) is 1. The summed E-state index contributed by atoms with van der Waals surface area (Å²) >= 11 is 0. The van der Waals surface area contributed by atoms with Gasteiger partial charge in [0.1, 0.15) is 0 Å². The van der Waals surface area contributed by atoms with Gasteiger partial charge in [-0.25, -0.2) is 8.78 Å². The average molecular weight is 213 g/mol. The van der Waals surface area contributed by atoms with E-state index in [1.807, 2.05) is 26.0 Å². The smallest absolute Gasteiger partial charge is 0.242 e. The molecule has 1 aromatic carbocycles. The fraction of sp³-hybridized carbons (Fsp3) is 0.500. The molecule has 0 saturated carbocycles. The normalized spacial score (nSPS) is 12.1. The molecule has 84 valence electrons. The molecule has 0 atom stereocenters. The molecule has 0 aliphatic carbocycles. The Morgan fingerprint density at radius 2 is 1.60 bits per heavy atom. The third kappa shape index (κ3) is 4.88. The molecule has 0 bridgehead atoms. The van der Waals surface area contributed by atoms with Gasteiger partial charge in [-0.2, -0.15) is 0 Å². The van der Waals surface area contributed by atoms with E-state index < -0.39 is 6.43 Å². The fourth-order valence-electron chi connectivity index (χ4n) is 1.50. The van der Waals surface area contributed by atoms with Crippen molar-refractivity contribution in [3.05, 3.63) is 35.4 Å². The van der Waals surface area contributed by atoms with E-state index in [0.717, 1.165) is 12.0 Å². The summed E-state index contributed by atoms with van der Waals surface area (Å²) in [5.41, 5.74) is 7.36. The van der Waals surface area contributed by atoms with E-state index in [0.29, 0.717) is 5.56 Å². The quantitative estimate of drug-likeness (QED) is 0.817. The average Bonchev–Trinajstić information content (AvgIpc) is 2.05. The Bertz CT molecular complexity index is 298. The first kappa shape index (κ1) is 12.1. The second-order valence-corrected chi connectivity index (χ2v) is 4.58. The van der Waals surface area contributed by atoms with Gasteiger partial charge in [0.25, 0.3) is 0 Å². The van der Waals surface area contributed by atoms with Crippen LogP contribution in [0.5, 0.6) is 0 Å². The van der Waals surface area contributed by atoms with Gasteiger partial charge in [0, 0.05) is 12.0 Å². The van der Waals surface area contributed by atoms with Gasteiger partial charge in [0.2, 0.25) is 6.43 Å². The van der Waals surface area contributed by atoms with Crippen LogP contribution in [-0.4, -0.2) is 12.0 Å². The van der Waals surface area contributed by atoms with Gasteiger partial charge in [0.05, 0.1) is 0 Å². The summed E-state index contributed by atoms with van der Waals surface area (Å²) in [5.74, 6) is 0. The summed E-state index contributed by atoms with van der Waals surface area (Å²) in [7, 11) is 0. The molecule has 0 aliphatic rings. The molecule has 0 spiro atoms. The molecule has 1 rings (SSSR count). The van der Waals surface area contributed by atoms with Crippen LogP contribution in [-0.2, 0) is 12.8 Å². The SMILES string of the molecule is CC(C)(N)Cc1ccc(CC(F)F)cc1. The zero-order chi connectivity index (χ0) is 11.5. The minimum Gasteiger partial charge on any atom is -0.325 e. The molecule has 0 fully saturated rings. The monoisotopic (exact) mass is 213 g/mol. The van der Waals surface area contributed by atoms with Gasteiger partial charge in [-0.05, 0) is 31.4 Å². The van der Waals surface area contributed by atoms with Crippen molar-refractivity contribution in [2.75, 3.05) is 0 Å². The predicted octanol–water partition coefficient (Wildman–Crippen LogP) is 2.77. The van der Waals surface area contributed by atoms with Crippen molar-refractivity contribution >= 4 is 0 Å². The van der Waals surface area contributed by atoms with Crippen molar-refractivity contribution in [3.8, 4) is 0 Å². The van der Waals surface area contributed by atoms with Gasteiger partial charge >= 0.3 is 0 Å². The molecule has 0 amide bonds. The highest BCUT2D eigenvalue weighted by molar-refractivity contribution is 5.24. The van der Waals surface area contributed by atoms with Crippen LogP contribution in [0.3, 0.4) is 0 Å². The van der Waals surface area contributed by atoms with Crippen LogP contribution in [0, 0.1) is 0 Å². The van der Waals surface area contributed by atoms with Crippen LogP contribution < -0.4 is 5.73 Å². The summed E-state index contributed by atoms with van der Waals surface area (Å²) in [5, 5.41) is 0. The highest BCUT2D eigenvalue weighted by Gasteiger charge is 2.11. The highest BCUT2D eigenvalue weighted by Crippen LogP contribution is 2.13. The Balaban J connectivity index is 2.64. The van der Waals surface area contributed by atoms with Crippen molar-refractivity contribution in [1.82, 2.24) is 0 Å². The summed E-state index contributed by atoms with van der Waals surface area (Å²) in [6, 6.07) is 7.22. The van der Waals surface area contributed by atoms with Crippen molar-refractivity contribution in [2.45, 2.75) is 38.7 Å². The predicted molar refractivity (Wildman–Crippen MR) is 58.1 cm³/mol. The molecule has 0 unspecified atom stereocenters.